The molecule has 5 rings (SSSR count). The van der Waals surface area contributed by atoms with Crippen LogP contribution in [0.4, 0.5) is 10.1 Å². The zero-order valence-electron chi connectivity index (χ0n) is 16.7. The van der Waals surface area contributed by atoms with Crippen LogP contribution in [-0.2, 0) is 14.3 Å². The zero-order chi connectivity index (χ0) is 22.0. The highest BCUT2D eigenvalue weighted by molar-refractivity contribution is 6.35. The Morgan fingerprint density at radius 1 is 1.06 bits per heavy atom. The number of benzene rings is 2. The predicted molar refractivity (Wildman–Crippen MR) is 114 cm³/mol. The fourth-order valence-corrected chi connectivity index (χ4v) is 5.92. The maximum atomic E-state index is 13.5. The average Bonchev–Trinajstić information content (AvgIpc) is 3.27. The molecule has 2 aromatic rings. The van der Waals surface area contributed by atoms with E-state index in [0.717, 1.165) is 0 Å². The SMILES string of the molecule is C[C@]12CC[C@](CCOc3ccc(F)cc3)(O1)[C@@H]1C(=O)N(c3cc(Cl)cc(Cl)c3)C(=O)[C@@H]12. The van der Waals surface area contributed by atoms with E-state index in [2.05, 4.69) is 0 Å². The summed E-state index contributed by atoms with van der Waals surface area (Å²) in [5, 5.41) is 0.709. The van der Waals surface area contributed by atoms with Gasteiger partial charge in [-0.15, -0.1) is 0 Å². The number of nitrogens with zero attached hydrogens (tertiary/aromatic N) is 1. The summed E-state index contributed by atoms with van der Waals surface area (Å²) in [6.07, 6.45) is 1.80. The first-order valence-electron chi connectivity index (χ1n) is 10.1. The van der Waals surface area contributed by atoms with E-state index in [9.17, 15) is 14.0 Å². The van der Waals surface area contributed by atoms with Gasteiger partial charge >= 0.3 is 0 Å². The summed E-state index contributed by atoms with van der Waals surface area (Å²) in [7, 11) is 0. The lowest BCUT2D eigenvalue weighted by atomic mass is 9.67. The molecule has 3 aliphatic rings. The molecule has 2 aromatic carbocycles. The van der Waals surface area contributed by atoms with Gasteiger partial charge in [0.25, 0.3) is 0 Å². The van der Waals surface area contributed by atoms with E-state index in [4.69, 9.17) is 32.7 Å². The lowest BCUT2D eigenvalue weighted by Crippen LogP contribution is -2.43. The Hall–Kier alpha value is -2.15. The van der Waals surface area contributed by atoms with Crippen LogP contribution in [0, 0.1) is 17.7 Å². The number of rotatable bonds is 5. The Kier molecular flexibility index (Phi) is 4.81. The van der Waals surface area contributed by atoms with Gasteiger partial charge in [-0.2, -0.15) is 0 Å². The second-order valence-corrected chi connectivity index (χ2v) is 9.50. The average molecular weight is 464 g/mol. The van der Waals surface area contributed by atoms with Crippen LogP contribution in [-0.4, -0.2) is 29.6 Å². The summed E-state index contributed by atoms with van der Waals surface area (Å²) >= 11 is 12.2. The summed E-state index contributed by atoms with van der Waals surface area (Å²) in [6.45, 7) is 2.19. The Morgan fingerprint density at radius 2 is 1.71 bits per heavy atom. The van der Waals surface area contributed by atoms with E-state index in [1.54, 1.807) is 30.3 Å². The number of hydrogen-bond donors (Lipinski definition) is 0. The number of imide groups is 1. The van der Waals surface area contributed by atoms with Gasteiger partial charge < -0.3 is 9.47 Å². The monoisotopic (exact) mass is 463 g/mol. The Bertz CT molecular complexity index is 1060. The van der Waals surface area contributed by atoms with E-state index in [1.165, 1.54) is 17.0 Å². The van der Waals surface area contributed by atoms with Gasteiger partial charge in [0.1, 0.15) is 11.6 Å². The third kappa shape index (κ3) is 3.23. The standard InChI is InChI=1S/C23H20Cl2FNO4/c1-22-6-7-23(31-22,8-9-30-17-4-2-15(26)3-5-17)19-18(22)20(28)27(21(19)29)16-11-13(24)10-14(25)12-16/h2-5,10-12,18-19H,6-9H2,1H3/t18-,19+,22-,23-/m1/s1. The highest BCUT2D eigenvalue weighted by Crippen LogP contribution is 2.62. The predicted octanol–water partition coefficient (Wildman–Crippen LogP) is 5.03. The van der Waals surface area contributed by atoms with E-state index in [1.807, 2.05) is 6.92 Å². The minimum Gasteiger partial charge on any atom is -0.493 e. The smallest absolute Gasteiger partial charge is 0.240 e. The maximum absolute atomic E-state index is 13.5. The van der Waals surface area contributed by atoms with Crippen molar-refractivity contribution in [1.29, 1.82) is 0 Å². The van der Waals surface area contributed by atoms with Crippen LogP contribution >= 0.6 is 23.2 Å². The minimum atomic E-state index is -0.774. The molecular formula is C23H20Cl2FNO4. The number of amides is 2. The first kappa shape index (κ1) is 20.7. The molecule has 31 heavy (non-hydrogen) atoms. The third-order valence-corrected chi connectivity index (χ3v) is 7.16. The van der Waals surface area contributed by atoms with Crippen LogP contribution in [0.3, 0.4) is 0 Å². The second kappa shape index (κ2) is 7.19. The molecule has 3 fully saturated rings. The van der Waals surface area contributed by atoms with Crippen molar-refractivity contribution in [3.05, 3.63) is 58.3 Å². The fraction of sp³-hybridized carbons (Fsp3) is 0.391. The van der Waals surface area contributed by atoms with Crippen LogP contribution in [0.25, 0.3) is 0 Å². The molecule has 0 saturated carbocycles. The molecule has 0 radical (unpaired) electrons. The molecular weight excluding hydrogens is 444 g/mol. The van der Waals surface area contributed by atoms with E-state index >= 15 is 0 Å². The molecule has 0 aliphatic carbocycles. The first-order valence-corrected chi connectivity index (χ1v) is 10.9. The van der Waals surface area contributed by atoms with Gasteiger partial charge in [-0.25, -0.2) is 9.29 Å². The quantitative estimate of drug-likeness (QED) is 0.583. The molecule has 4 atom stereocenters. The number of ether oxygens (including phenoxy) is 2. The summed E-state index contributed by atoms with van der Waals surface area (Å²) < 4.78 is 25.3. The van der Waals surface area contributed by atoms with E-state index < -0.39 is 23.0 Å². The molecule has 0 aromatic heterocycles. The highest BCUT2D eigenvalue weighted by atomic mass is 35.5. The summed E-state index contributed by atoms with van der Waals surface area (Å²) in [5.74, 6) is -1.52. The normalized spacial score (nSPS) is 31.4. The van der Waals surface area contributed by atoms with Gasteiger partial charge in [0.2, 0.25) is 11.8 Å². The maximum Gasteiger partial charge on any atom is 0.240 e. The van der Waals surface area contributed by atoms with Crippen LogP contribution in [0.1, 0.15) is 26.2 Å². The first-order chi connectivity index (χ1) is 14.7. The molecule has 8 heteroatoms. The van der Waals surface area contributed by atoms with Crippen molar-refractivity contribution in [1.82, 2.24) is 0 Å². The number of carbonyl (C=O) groups excluding carboxylic acids is 2. The molecule has 0 unspecified atom stereocenters. The minimum absolute atomic E-state index is 0.281. The van der Waals surface area contributed by atoms with Gasteiger partial charge in [0, 0.05) is 16.5 Å². The molecule has 2 bridgehead atoms. The molecule has 2 amide bonds. The molecule has 0 spiro atoms. The zero-order valence-corrected chi connectivity index (χ0v) is 18.3. The Balaban J connectivity index is 1.41. The highest BCUT2D eigenvalue weighted by Gasteiger charge is 2.73. The largest absolute Gasteiger partial charge is 0.493 e. The van der Waals surface area contributed by atoms with Crippen LogP contribution < -0.4 is 9.64 Å². The molecule has 162 valence electrons. The Labute approximate surface area is 189 Å². The summed E-state index contributed by atoms with van der Waals surface area (Å²) in [6, 6.07) is 10.5. The number of anilines is 1. The fourth-order valence-electron chi connectivity index (χ4n) is 5.41. The molecule has 0 N–H and O–H groups in total. The third-order valence-electron chi connectivity index (χ3n) is 6.73. The molecule has 3 saturated heterocycles. The van der Waals surface area contributed by atoms with Gasteiger partial charge in [0.15, 0.2) is 0 Å². The number of halogens is 3. The van der Waals surface area contributed by atoms with Crippen LogP contribution in [0.2, 0.25) is 10.0 Å². The summed E-state index contributed by atoms with van der Waals surface area (Å²) in [5.41, 5.74) is -1.10. The van der Waals surface area contributed by atoms with Crippen molar-refractivity contribution in [3.63, 3.8) is 0 Å². The van der Waals surface area contributed by atoms with Crippen molar-refractivity contribution in [2.75, 3.05) is 11.5 Å². The number of fused-ring (bicyclic) bond motifs is 5. The van der Waals surface area contributed by atoms with Crippen molar-refractivity contribution in [3.8, 4) is 5.75 Å². The van der Waals surface area contributed by atoms with E-state index in [-0.39, 0.29) is 24.2 Å². The topological polar surface area (TPSA) is 55.8 Å². The van der Waals surface area contributed by atoms with Crippen LogP contribution in [0.5, 0.6) is 5.75 Å². The van der Waals surface area contributed by atoms with Crippen molar-refractivity contribution < 1.29 is 23.5 Å². The van der Waals surface area contributed by atoms with E-state index in [0.29, 0.717) is 40.7 Å². The molecule has 3 heterocycles. The Morgan fingerprint density at radius 3 is 2.39 bits per heavy atom. The van der Waals surface area contributed by atoms with Crippen molar-refractivity contribution >= 4 is 40.7 Å². The molecule has 3 aliphatic heterocycles. The lowest BCUT2D eigenvalue weighted by Gasteiger charge is -2.31. The van der Waals surface area contributed by atoms with Crippen molar-refractivity contribution in [2.45, 2.75) is 37.4 Å². The van der Waals surface area contributed by atoms with Gasteiger partial charge in [-0.3, -0.25) is 9.59 Å². The van der Waals surface area contributed by atoms with Gasteiger partial charge in [-0.1, -0.05) is 23.2 Å². The van der Waals surface area contributed by atoms with Gasteiger partial charge in [0.05, 0.1) is 35.3 Å². The molecule has 5 nitrogen and oxygen atoms in total. The second-order valence-electron chi connectivity index (χ2n) is 8.63. The van der Waals surface area contributed by atoms with Crippen molar-refractivity contribution in [2.24, 2.45) is 11.8 Å². The lowest BCUT2D eigenvalue weighted by molar-refractivity contribution is -0.131. The number of hydrogen-bond acceptors (Lipinski definition) is 4. The van der Waals surface area contributed by atoms with Crippen LogP contribution in [0.15, 0.2) is 42.5 Å². The van der Waals surface area contributed by atoms with Gasteiger partial charge in [-0.05, 0) is 62.2 Å². The summed E-state index contributed by atoms with van der Waals surface area (Å²) in [4.78, 5) is 28.0. The number of carbonyl (C=O) groups is 2.